The van der Waals surface area contributed by atoms with Crippen LogP contribution < -0.4 is 11.1 Å². The molecule has 0 unspecified atom stereocenters. The molecule has 0 aromatic heterocycles. The predicted octanol–water partition coefficient (Wildman–Crippen LogP) is 1.52. The van der Waals surface area contributed by atoms with Crippen molar-refractivity contribution in [3.05, 3.63) is 29.8 Å². The highest BCUT2D eigenvalue weighted by molar-refractivity contribution is 5.95. The third-order valence-electron chi connectivity index (χ3n) is 2.95. The van der Waals surface area contributed by atoms with Crippen molar-refractivity contribution in [2.45, 2.75) is 33.2 Å². The molecular weight excluding hydrogens is 254 g/mol. The summed E-state index contributed by atoms with van der Waals surface area (Å²) in [6.07, 6.45) is 0.788. The fraction of sp³-hybridized carbons (Fsp3) is 0.467. The minimum atomic E-state index is -0.590. The summed E-state index contributed by atoms with van der Waals surface area (Å²) in [5.74, 6) is -0.409. The first-order valence-corrected chi connectivity index (χ1v) is 6.85. The Balaban J connectivity index is 2.67. The van der Waals surface area contributed by atoms with E-state index in [0.717, 1.165) is 17.7 Å². The first-order chi connectivity index (χ1) is 9.45. The number of nitrogens with zero attached hydrogens (tertiary/aromatic N) is 1. The van der Waals surface area contributed by atoms with Crippen LogP contribution in [0.4, 0.5) is 5.69 Å². The van der Waals surface area contributed by atoms with E-state index in [1.165, 1.54) is 4.90 Å². The maximum Gasteiger partial charge on any atom is 0.244 e. The van der Waals surface area contributed by atoms with Crippen LogP contribution in [0.1, 0.15) is 25.8 Å². The van der Waals surface area contributed by atoms with Gasteiger partial charge in [0.25, 0.3) is 0 Å². The number of carbonyl (C=O) groups excluding carboxylic acids is 2. The van der Waals surface area contributed by atoms with E-state index in [4.69, 9.17) is 5.73 Å². The molecule has 0 fully saturated rings. The first kappa shape index (κ1) is 16.2. The smallest absolute Gasteiger partial charge is 0.244 e. The van der Waals surface area contributed by atoms with Gasteiger partial charge in [-0.05, 0) is 31.9 Å². The summed E-state index contributed by atoms with van der Waals surface area (Å²) in [5, 5.41) is 2.82. The van der Waals surface area contributed by atoms with Gasteiger partial charge in [0, 0.05) is 12.2 Å². The van der Waals surface area contributed by atoms with Crippen LogP contribution >= 0.6 is 0 Å². The zero-order valence-electron chi connectivity index (χ0n) is 12.3. The van der Waals surface area contributed by atoms with Gasteiger partial charge in [0.15, 0.2) is 0 Å². The molecular formula is C15H23N3O2. The topological polar surface area (TPSA) is 75.4 Å². The summed E-state index contributed by atoms with van der Waals surface area (Å²) in [6.45, 7) is 6.07. The molecule has 0 saturated carbocycles. The number of nitrogens with two attached hydrogens (primary N) is 1. The van der Waals surface area contributed by atoms with E-state index >= 15 is 0 Å². The van der Waals surface area contributed by atoms with Gasteiger partial charge >= 0.3 is 0 Å². The molecule has 1 aromatic rings. The van der Waals surface area contributed by atoms with Gasteiger partial charge in [-0.3, -0.25) is 9.59 Å². The Bertz CT molecular complexity index is 472. The second-order valence-corrected chi connectivity index (χ2v) is 4.91. The molecule has 0 spiro atoms. The maximum atomic E-state index is 12.0. The molecule has 20 heavy (non-hydrogen) atoms. The summed E-state index contributed by atoms with van der Waals surface area (Å²) in [5.41, 5.74) is 7.35. The number of carbonyl (C=O) groups is 2. The quantitative estimate of drug-likeness (QED) is 0.827. The Labute approximate surface area is 120 Å². The van der Waals surface area contributed by atoms with Crippen molar-refractivity contribution in [3.8, 4) is 0 Å². The number of hydrogen-bond donors (Lipinski definition) is 2. The van der Waals surface area contributed by atoms with Crippen molar-refractivity contribution in [2.75, 3.05) is 18.4 Å². The number of nitrogens with one attached hydrogen (secondary N) is 1. The Morgan fingerprint density at radius 1 is 1.35 bits per heavy atom. The van der Waals surface area contributed by atoms with Crippen molar-refractivity contribution >= 4 is 17.5 Å². The number of para-hydroxylation sites is 1. The molecule has 0 saturated heterocycles. The summed E-state index contributed by atoms with van der Waals surface area (Å²) >= 11 is 0. The van der Waals surface area contributed by atoms with Crippen LogP contribution in [0, 0.1) is 6.92 Å². The third kappa shape index (κ3) is 4.66. The second kappa shape index (κ2) is 7.65. The van der Waals surface area contributed by atoms with E-state index in [9.17, 15) is 9.59 Å². The molecule has 1 aromatic carbocycles. The molecule has 5 heteroatoms. The molecule has 2 amide bonds. The SMILES string of the molecule is CCCN(CC(=O)Nc1ccccc1C)C(=O)[C@H](C)N. The molecule has 1 atom stereocenters. The van der Waals surface area contributed by atoms with E-state index in [-0.39, 0.29) is 18.4 Å². The van der Waals surface area contributed by atoms with E-state index in [1.807, 2.05) is 38.1 Å². The third-order valence-corrected chi connectivity index (χ3v) is 2.95. The standard InChI is InChI=1S/C15H23N3O2/c1-4-9-18(15(20)12(3)16)10-14(19)17-13-8-6-5-7-11(13)2/h5-8,12H,4,9-10,16H2,1-3H3,(H,17,19)/t12-/m0/s1. The number of amides is 2. The van der Waals surface area contributed by atoms with E-state index in [1.54, 1.807) is 6.92 Å². The molecule has 0 radical (unpaired) electrons. The lowest BCUT2D eigenvalue weighted by atomic mass is 10.2. The number of anilines is 1. The van der Waals surface area contributed by atoms with Gasteiger partial charge in [-0.2, -0.15) is 0 Å². The predicted molar refractivity (Wildman–Crippen MR) is 80.3 cm³/mol. The zero-order valence-corrected chi connectivity index (χ0v) is 12.3. The average molecular weight is 277 g/mol. The van der Waals surface area contributed by atoms with Crippen LogP contribution in [-0.4, -0.2) is 35.8 Å². The van der Waals surface area contributed by atoms with Crippen molar-refractivity contribution in [1.29, 1.82) is 0 Å². The van der Waals surface area contributed by atoms with Gasteiger partial charge < -0.3 is 16.0 Å². The Morgan fingerprint density at radius 3 is 2.55 bits per heavy atom. The van der Waals surface area contributed by atoms with E-state index in [0.29, 0.717) is 6.54 Å². The van der Waals surface area contributed by atoms with E-state index in [2.05, 4.69) is 5.32 Å². The van der Waals surface area contributed by atoms with Gasteiger partial charge in [0.2, 0.25) is 11.8 Å². The minimum Gasteiger partial charge on any atom is -0.332 e. The van der Waals surface area contributed by atoms with Gasteiger partial charge in [0.05, 0.1) is 12.6 Å². The lowest BCUT2D eigenvalue weighted by molar-refractivity contribution is -0.135. The van der Waals surface area contributed by atoms with Crippen molar-refractivity contribution in [3.63, 3.8) is 0 Å². The number of aryl methyl sites for hydroxylation is 1. The number of benzene rings is 1. The second-order valence-electron chi connectivity index (χ2n) is 4.91. The Morgan fingerprint density at radius 2 is 2.00 bits per heavy atom. The molecule has 5 nitrogen and oxygen atoms in total. The van der Waals surface area contributed by atoms with E-state index < -0.39 is 6.04 Å². The van der Waals surface area contributed by atoms with Gasteiger partial charge in [0.1, 0.15) is 0 Å². The molecule has 1 rings (SSSR count). The molecule has 110 valence electrons. The molecule has 3 N–H and O–H groups in total. The van der Waals surface area contributed by atoms with Crippen molar-refractivity contribution in [2.24, 2.45) is 5.73 Å². The van der Waals surface area contributed by atoms with Crippen LogP contribution in [0.25, 0.3) is 0 Å². The number of rotatable bonds is 6. The summed E-state index contributed by atoms with van der Waals surface area (Å²) in [4.78, 5) is 25.4. The van der Waals surface area contributed by atoms with Gasteiger partial charge in [-0.25, -0.2) is 0 Å². The van der Waals surface area contributed by atoms with Gasteiger partial charge in [-0.1, -0.05) is 25.1 Å². The summed E-state index contributed by atoms with van der Waals surface area (Å²) in [7, 11) is 0. The van der Waals surface area contributed by atoms with Crippen molar-refractivity contribution < 1.29 is 9.59 Å². The molecule has 0 aliphatic rings. The van der Waals surface area contributed by atoms with Gasteiger partial charge in [-0.15, -0.1) is 0 Å². The maximum absolute atomic E-state index is 12.0. The molecule has 0 bridgehead atoms. The van der Waals surface area contributed by atoms with Crippen LogP contribution in [0.3, 0.4) is 0 Å². The zero-order chi connectivity index (χ0) is 15.1. The highest BCUT2D eigenvalue weighted by Gasteiger charge is 2.19. The molecule has 0 heterocycles. The minimum absolute atomic E-state index is 0.0303. The lowest BCUT2D eigenvalue weighted by Crippen LogP contribution is -2.45. The normalized spacial score (nSPS) is 11.8. The lowest BCUT2D eigenvalue weighted by Gasteiger charge is -2.23. The fourth-order valence-electron chi connectivity index (χ4n) is 1.90. The largest absolute Gasteiger partial charge is 0.332 e. The average Bonchev–Trinajstić information content (AvgIpc) is 2.40. The van der Waals surface area contributed by atoms with Crippen molar-refractivity contribution in [1.82, 2.24) is 4.90 Å². The van der Waals surface area contributed by atoms with Crippen LogP contribution in [0.15, 0.2) is 24.3 Å². The van der Waals surface area contributed by atoms with Crippen LogP contribution in [-0.2, 0) is 9.59 Å². The summed E-state index contributed by atoms with van der Waals surface area (Å²) < 4.78 is 0. The fourth-order valence-corrected chi connectivity index (χ4v) is 1.90. The molecule has 0 aliphatic heterocycles. The summed E-state index contributed by atoms with van der Waals surface area (Å²) in [6, 6.07) is 6.94. The van der Waals surface area contributed by atoms with Crippen LogP contribution in [0.2, 0.25) is 0 Å². The Kier molecular flexibility index (Phi) is 6.18. The highest BCUT2D eigenvalue weighted by atomic mass is 16.2. The highest BCUT2D eigenvalue weighted by Crippen LogP contribution is 2.13. The number of hydrogen-bond acceptors (Lipinski definition) is 3. The van der Waals surface area contributed by atoms with Crippen LogP contribution in [0.5, 0.6) is 0 Å². The monoisotopic (exact) mass is 277 g/mol. The Hall–Kier alpha value is -1.88. The molecule has 0 aliphatic carbocycles. The first-order valence-electron chi connectivity index (χ1n) is 6.85.